The molecule has 0 bridgehead atoms. The van der Waals surface area contributed by atoms with Crippen LogP contribution in [0.15, 0.2) is 107 Å². The molecule has 7 nitrogen and oxygen atoms in total. The lowest BCUT2D eigenvalue weighted by Gasteiger charge is -2.30. The minimum absolute atomic E-state index is 0.101. The average Bonchev–Trinajstić information content (AvgIpc) is 3.53. The van der Waals surface area contributed by atoms with E-state index in [4.69, 9.17) is 0 Å². The van der Waals surface area contributed by atoms with Gasteiger partial charge in [-0.3, -0.25) is 13.8 Å². The third-order valence-electron chi connectivity index (χ3n) is 11.6. The second kappa shape index (κ2) is 20.3. The molecule has 3 unspecified atom stereocenters. The smallest absolute Gasteiger partial charge is 0.222 e. The lowest BCUT2D eigenvalue weighted by molar-refractivity contribution is -0.135. The van der Waals surface area contributed by atoms with Gasteiger partial charge in [0, 0.05) is 54.7 Å². The van der Waals surface area contributed by atoms with Crippen molar-refractivity contribution >= 4 is 32.5 Å². The number of sulfone groups is 1. The summed E-state index contributed by atoms with van der Waals surface area (Å²) < 4.78 is 37.8. The van der Waals surface area contributed by atoms with Gasteiger partial charge in [-0.15, -0.1) is 0 Å². The van der Waals surface area contributed by atoms with Gasteiger partial charge in [0.15, 0.2) is 9.84 Å². The van der Waals surface area contributed by atoms with Crippen LogP contribution in [0.1, 0.15) is 133 Å². The highest BCUT2D eigenvalue weighted by atomic mass is 32.2. The van der Waals surface area contributed by atoms with Crippen LogP contribution >= 0.6 is 0 Å². The number of amides is 2. The number of hydrogen-bond acceptors (Lipinski definition) is 5. The fourth-order valence-electron chi connectivity index (χ4n) is 8.76. The van der Waals surface area contributed by atoms with Crippen LogP contribution in [0.25, 0.3) is 0 Å². The molecule has 312 valence electrons. The third-order valence-corrected chi connectivity index (χ3v) is 14.7. The molecule has 0 radical (unpaired) electrons. The van der Waals surface area contributed by atoms with Crippen molar-refractivity contribution in [2.24, 2.45) is 11.8 Å². The van der Waals surface area contributed by atoms with Gasteiger partial charge in [-0.1, -0.05) is 113 Å². The summed E-state index contributed by atoms with van der Waals surface area (Å²) in [5, 5.41) is 0. The maximum atomic E-state index is 12.6. The first-order valence-electron chi connectivity index (χ1n) is 21.2. The summed E-state index contributed by atoms with van der Waals surface area (Å²) in [7, 11) is -4.19. The topological polar surface area (TPSA) is 91.8 Å². The molecular weight excluding hydrogens is 761 g/mol. The quantitative estimate of drug-likeness (QED) is 0.204. The van der Waals surface area contributed by atoms with Crippen molar-refractivity contribution in [3.05, 3.63) is 130 Å². The molecular formula is C49H64N2O5S2. The van der Waals surface area contributed by atoms with Crippen molar-refractivity contribution < 1.29 is 22.2 Å². The van der Waals surface area contributed by atoms with Crippen LogP contribution in [0.4, 0.5) is 0 Å². The van der Waals surface area contributed by atoms with E-state index < -0.39 is 20.6 Å². The van der Waals surface area contributed by atoms with Crippen LogP contribution in [0, 0.1) is 11.8 Å². The minimum atomic E-state index is -3.26. The Morgan fingerprint density at radius 3 is 1.53 bits per heavy atom. The molecule has 8 rings (SSSR count). The van der Waals surface area contributed by atoms with Crippen molar-refractivity contribution in [2.75, 3.05) is 13.1 Å². The van der Waals surface area contributed by atoms with Crippen LogP contribution in [-0.4, -0.2) is 59.4 Å². The minimum Gasteiger partial charge on any atom is -0.340 e. The summed E-state index contributed by atoms with van der Waals surface area (Å²) in [6, 6.07) is 32.8. The molecule has 4 aromatic rings. The van der Waals surface area contributed by atoms with Gasteiger partial charge < -0.3 is 9.80 Å². The van der Waals surface area contributed by atoms with Crippen molar-refractivity contribution in [3.8, 4) is 0 Å². The Kier molecular flexibility index (Phi) is 15.7. The number of carbonyl (C=O) groups is 2. The lowest BCUT2D eigenvalue weighted by Crippen LogP contribution is -2.40. The number of likely N-dealkylation sites (tertiary alicyclic amines) is 2. The first kappa shape index (κ1) is 45.0. The Labute approximate surface area is 351 Å². The normalized spacial score (nSPS) is 20.6. The summed E-state index contributed by atoms with van der Waals surface area (Å²) in [4.78, 5) is 27.5. The molecule has 2 saturated heterocycles. The number of benzene rings is 4. The Bertz CT molecular complexity index is 2160. The van der Waals surface area contributed by atoms with Crippen molar-refractivity contribution in [1.82, 2.24) is 9.80 Å². The van der Waals surface area contributed by atoms with Gasteiger partial charge in [0.1, 0.15) is 0 Å². The van der Waals surface area contributed by atoms with Gasteiger partial charge >= 0.3 is 0 Å². The Morgan fingerprint density at radius 1 is 0.552 bits per heavy atom. The largest absolute Gasteiger partial charge is 0.340 e. The standard InChI is InChI=1S/C17H18O2S.C17H18OS.C8H15NO.C7H13NO/c1-12(2)17-14-8-4-3-7-13(14)11-20(18,19)16-10-6-5-9-15(16)17;1-12(2)17-14-8-4-3-7-13(14)11-19(18)16-10-6-5-9-15(16)17;1-7(2)9-6-4-3-5-8(9)10;1-6(2)8-5-3-4-7(8)9/h3-10,12,17H,11H2,1-2H3;3-10,12,17H,11H2,1-2H3;7H,3-6H2,1-2H3;6H,3-5H2,1-2H3. The second-order valence-electron chi connectivity index (χ2n) is 17.1. The van der Waals surface area contributed by atoms with Gasteiger partial charge in [-0.05, 0) is 104 Å². The number of carbonyl (C=O) groups excluding carboxylic acids is 2. The fourth-order valence-corrected chi connectivity index (χ4v) is 11.8. The first-order chi connectivity index (χ1) is 27.6. The molecule has 0 aromatic heterocycles. The molecule has 0 aliphatic carbocycles. The Hall–Kier alpha value is -4.08. The van der Waals surface area contributed by atoms with E-state index in [1.807, 2.05) is 64.4 Å². The average molecular weight is 825 g/mol. The molecule has 4 aromatic carbocycles. The predicted molar refractivity (Wildman–Crippen MR) is 237 cm³/mol. The zero-order chi connectivity index (χ0) is 42.1. The number of hydrogen-bond donors (Lipinski definition) is 0. The highest BCUT2D eigenvalue weighted by Crippen LogP contribution is 2.42. The lowest BCUT2D eigenvalue weighted by atomic mass is 9.81. The number of rotatable bonds is 4. The van der Waals surface area contributed by atoms with Crippen molar-refractivity contribution in [2.45, 2.75) is 133 Å². The summed E-state index contributed by atoms with van der Waals surface area (Å²) in [5.74, 6) is 2.73. The highest BCUT2D eigenvalue weighted by Gasteiger charge is 2.33. The summed E-state index contributed by atoms with van der Waals surface area (Å²) in [5.41, 5.74) is 6.83. The maximum absolute atomic E-state index is 12.6. The molecule has 0 N–H and O–H groups in total. The molecule has 3 atom stereocenters. The monoisotopic (exact) mass is 824 g/mol. The van der Waals surface area contributed by atoms with E-state index in [0.29, 0.717) is 52.3 Å². The molecule has 58 heavy (non-hydrogen) atoms. The van der Waals surface area contributed by atoms with E-state index in [2.05, 4.69) is 91.8 Å². The third kappa shape index (κ3) is 10.7. The van der Waals surface area contributed by atoms with Crippen LogP contribution in [0.2, 0.25) is 0 Å². The first-order valence-corrected chi connectivity index (χ1v) is 24.1. The van der Waals surface area contributed by atoms with Crippen LogP contribution in [0.3, 0.4) is 0 Å². The van der Waals surface area contributed by atoms with Crippen LogP contribution in [0.5, 0.6) is 0 Å². The molecule has 0 saturated carbocycles. The number of fused-ring (bicyclic) bond motifs is 4. The number of nitrogens with zero attached hydrogens (tertiary/aromatic N) is 2. The maximum Gasteiger partial charge on any atom is 0.222 e. The number of piperidine rings is 1. The second-order valence-corrected chi connectivity index (χ2v) is 20.5. The van der Waals surface area contributed by atoms with Crippen molar-refractivity contribution in [3.63, 3.8) is 0 Å². The fraction of sp³-hybridized carbons (Fsp3) is 0.469. The van der Waals surface area contributed by atoms with Crippen LogP contribution in [-0.2, 0) is 41.7 Å². The Balaban J connectivity index is 0.000000156. The molecule has 0 spiro atoms. The molecule has 4 heterocycles. The van der Waals surface area contributed by atoms with E-state index in [-0.39, 0.29) is 11.7 Å². The van der Waals surface area contributed by atoms with E-state index >= 15 is 0 Å². The van der Waals surface area contributed by atoms with E-state index in [0.717, 1.165) is 60.4 Å². The van der Waals surface area contributed by atoms with Gasteiger partial charge in [0.25, 0.3) is 0 Å². The zero-order valence-electron chi connectivity index (χ0n) is 35.8. The molecule has 4 aliphatic rings. The van der Waals surface area contributed by atoms with E-state index in [1.165, 1.54) is 23.1 Å². The molecule has 4 aliphatic heterocycles. The SMILES string of the molecule is CC(C)C1c2ccccc2CS(=O)(=O)c2ccccc21.CC(C)C1c2ccccc2CS(=O)c2ccccc21.CC(C)N1CCCC1=O.CC(C)N1CCCCC1=O. The van der Waals surface area contributed by atoms with Gasteiger partial charge in [-0.25, -0.2) is 8.42 Å². The Morgan fingerprint density at radius 2 is 1.00 bits per heavy atom. The zero-order valence-corrected chi connectivity index (χ0v) is 37.5. The van der Waals surface area contributed by atoms with Crippen molar-refractivity contribution in [1.29, 1.82) is 0 Å². The van der Waals surface area contributed by atoms with Gasteiger partial charge in [-0.2, -0.15) is 0 Å². The molecule has 2 fully saturated rings. The summed E-state index contributed by atoms with van der Waals surface area (Å²) in [6.07, 6.45) is 4.85. The summed E-state index contributed by atoms with van der Waals surface area (Å²) in [6.45, 7) is 19.0. The van der Waals surface area contributed by atoms with Gasteiger partial charge in [0.05, 0.1) is 27.2 Å². The van der Waals surface area contributed by atoms with Crippen LogP contribution < -0.4 is 0 Å². The van der Waals surface area contributed by atoms with E-state index in [9.17, 15) is 22.2 Å². The van der Waals surface area contributed by atoms with E-state index in [1.54, 1.807) is 6.07 Å². The highest BCUT2D eigenvalue weighted by molar-refractivity contribution is 7.90. The molecule has 2 amide bonds. The summed E-state index contributed by atoms with van der Waals surface area (Å²) >= 11 is 0. The predicted octanol–water partition coefficient (Wildman–Crippen LogP) is 10.3. The molecule has 9 heteroatoms. The van der Waals surface area contributed by atoms with Gasteiger partial charge in [0.2, 0.25) is 11.8 Å².